The van der Waals surface area contributed by atoms with E-state index in [1.807, 2.05) is 6.07 Å². The zero-order valence-corrected chi connectivity index (χ0v) is 9.82. The van der Waals surface area contributed by atoms with Gasteiger partial charge in [0.1, 0.15) is 0 Å². The van der Waals surface area contributed by atoms with Crippen molar-refractivity contribution in [2.45, 2.75) is 26.3 Å². The predicted octanol–water partition coefficient (Wildman–Crippen LogP) is 1.76. The maximum atomic E-state index is 11.1. The topological polar surface area (TPSA) is 51.2 Å². The third kappa shape index (κ3) is 3.98. The average molecular weight is 222 g/mol. The minimum absolute atomic E-state index is 0.349. The molecule has 88 valence electrons. The molecule has 1 heterocycles. The highest BCUT2D eigenvalue weighted by Gasteiger charge is 2.04. The number of carbonyl (C=O) groups excluding carboxylic acids is 1. The fourth-order valence-corrected chi connectivity index (χ4v) is 1.29. The van der Waals surface area contributed by atoms with E-state index in [1.54, 1.807) is 12.3 Å². The molecule has 0 aliphatic heterocycles. The van der Waals surface area contributed by atoms with Crippen LogP contribution in [-0.2, 0) is 11.3 Å². The molecule has 0 aliphatic carbocycles. The molecule has 1 N–H and O–H groups in total. The van der Waals surface area contributed by atoms with Crippen molar-refractivity contribution in [2.24, 2.45) is 0 Å². The molecular formula is C12H18N2O2. The van der Waals surface area contributed by atoms with Crippen LogP contribution in [0, 0.1) is 0 Å². The molecule has 0 spiro atoms. The first kappa shape index (κ1) is 12.6. The van der Waals surface area contributed by atoms with Crippen molar-refractivity contribution < 1.29 is 9.53 Å². The number of nitrogens with zero attached hydrogens (tertiary/aromatic N) is 1. The Morgan fingerprint density at radius 1 is 1.50 bits per heavy atom. The number of hydrogen-bond donors (Lipinski definition) is 1. The number of ether oxygens (including phenoxy) is 1. The van der Waals surface area contributed by atoms with E-state index in [4.69, 9.17) is 0 Å². The number of pyridine rings is 1. The highest BCUT2D eigenvalue weighted by molar-refractivity contribution is 5.88. The summed E-state index contributed by atoms with van der Waals surface area (Å²) in [7, 11) is 1.36. The normalized spacial score (nSPS) is 10.1. The molecule has 1 rings (SSSR count). The van der Waals surface area contributed by atoms with Crippen LogP contribution in [0.2, 0.25) is 0 Å². The summed E-state index contributed by atoms with van der Waals surface area (Å²) in [5, 5.41) is 3.29. The Balaban J connectivity index is 2.42. The maximum absolute atomic E-state index is 11.1. The van der Waals surface area contributed by atoms with Crippen molar-refractivity contribution in [1.82, 2.24) is 10.3 Å². The fourth-order valence-electron chi connectivity index (χ4n) is 1.29. The lowest BCUT2D eigenvalue weighted by Gasteiger charge is -2.04. The number of carbonyl (C=O) groups is 1. The summed E-state index contributed by atoms with van der Waals surface area (Å²) < 4.78 is 4.59. The number of methoxy groups -OCH3 is 1. The molecule has 0 fully saturated rings. The van der Waals surface area contributed by atoms with Crippen molar-refractivity contribution in [2.75, 3.05) is 13.7 Å². The van der Waals surface area contributed by atoms with E-state index in [1.165, 1.54) is 20.0 Å². The quantitative estimate of drug-likeness (QED) is 0.588. The lowest BCUT2D eigenvalue weighted by atomic mass is 10.2. The summed E-state index contributed by atoms with van der Waals surface area (Å²) in [6.07, 6.45) is 3.89. The molecule has 0 saturated heterocycles. The van der Waals surface area contributed by atoms with E-state index in [2.05, 4.69) is 22.0 Å². The summed E-state index contributed by atoms with van der Waals surface area (Å²) in [6, 6.07) is 3.57. The molecule has 4 heteroatoms. The van der Waals surface area contributed by atoms with Gasteiger partial charge >= 0.3 is 5.97 Å². The number of aromatic nitrogens is 1. The van der Waals surface area contributed by atoms with E-state index in [0.29, 0.717) is 5.56 Å². The average Bonchev–Trinajstić information content (AvgIpc) is 2.34. The lowest BCUT2D eigenvalue weighted by molar-refractivity contribution is 0.0600. The van der Waals surface area contributed by atoms with Gasteiger partial charge in [0.2, 0.25) is 0 Å². The number of hydrogen-bond acceptors (Lipinski definition) is 4. The Morgan fingerprint density at radius 2 is 2.31 bits per heavy atom. The van der Waals surface area contributed by atoms with Crippen LogP contribution in [-0.4, -0.2) is 24.6 Å². The lowest BCUT2D eigenvalue weighted by Crippen LogP contribution is -2.15. The zero-order valence-electron chi connectivity index (χ0n) is 9.82. The first-order valence-electron chi connectivity index (χ1n) is 5.52. The molecule has 1 aromatic rings. The molecular weight excluding hydrogens is 204 g/mol. The van der Waals surface area contributed by atoms with Gasteiger partial charge in [0.05, 0.1) is 18.4 Å². The summed E-state index contributed by atoms with van der Waals surface area (Å²) >= 11 is 0. The molecule has 0 radical (unpaired) electrons. The smallest absolute Gasteiger partial charge is 0.339 e. The highest BCUT2D eigenvalue weighted by Crippen LogP contribution is 2.01. The summed E-state index contributed by atoms with van der Waals surface area (Å²) in [6.45, 7) is 3.89. The first-order chi connectivity index (χ1) is 7.77. The van der Waals surface area contributed by atoms with Gasteiger partial charge in [0, 0.05) is 12.7 Å². The molecule has 0 aromatic carbocycles. The van der Waals surface area contributed by atoms with Crippen molar-refractivity contribution >= 4 is 5.97 Å². The van der Waals surface area contributed by atoms with Crippen LogP contribution in [0.25, 0.3) is 0 Å². The van der Waals surface area contributed by atoms with Crippen molar-refractivity contribution in [3.05, 3.63) is 29.6 Å². The van der Waals surface area contributed by atoms with Gasteiger partial charge in [-0.2, -0.15) is 0 Å². The highest BCUT2D eigenvalue weighted by atomic mass is 16.5. The Bertz CT molecular complexity index is 322. The molecule has 1 aromatic heterocycles. The Kier molecular flexibility index (Phi) is 5.50. The van der Waals surface area contributed by atoms with E-state index in [-0.39, 0.29) is 5.97 Å². The van der Waals surface area contributed by atoms with Gasteiger partial charge in [-0.1, -0.05) is 13.3 Å². The largest absolute Gasteiger partial charge is 0.465 e. The summed E-state index contributed by atoms with van der Waals surface area (Å²) in [4.78, 5) is 15.3. The van der Waals surface area contributed by atoms with Gasteiger partial charge in [-0.25, -0.2) is 4.79 Å². The number of rotatable bonds is 6. The van der Waals surface area contributed by atoms with Crippen LogP contribution in [0.1, 0.15) is 35.8 Å². The Morgan fingerprint density at radius 3 is 2.88 bits per heavy atom. The molecule has 0 saturated carbocycles. The van der Waals surface area contributed by atoms with Gasteiger partial charge in [-0.05, 0) is 25.1 Å². The number of nitrogens with one attached hydrogen (secondary N) is 1. The van der Waals surface area contributed by atoms with Crippen LogP contribution in [0.15, 0.2) is 18.3 Å². The first-order valence-corrected chi connectivity index (χ1v) is 5.52. The molecule has 4 nitrogen and oxygen atoms in total. The van der Waals surface area contributed by atoms with Crippen molar-refractivity contribution in [3.8, 4) is 0 Å². The van der Waals surface area contributed by atoms with Crippen LogP contribution in [0.5, 0.6) is 0 Å². The monoisotopic (exact) mass is 222 g/mol. The second kappa shape index (κ2) is 6.95. The van der Waals surface area contributed by atoms with Crippen molar-refractivity contribution in [3.63, 3.8) is 0 Å². The molecule has 0 bridgehead atoms. The van der Waals surface area contributed by atoms with Gasteiger partial charge in [0.25, 0.3) is 0 Å². The van der Waals surface area contributed by atoms with Gasteiger partial charge in [-0.15, -0.1) is 0 Å². The maximum Gasteiger partial charge on any atom is 0.339 e. The molecule has 0 amide bonds. The second-order valence-electron chi connectivity index (χ2n) is 3.56. The van der Waals surface area contributed by atoms with Crippen molar-refractivity contribution in [1.29, 1.82) is 0 Å². The summed E-state index contributed by atoms with van der Waals surface area (Å²) in [5.41, 5.74) is 1.42. The summed E-state index contributed by atoms with van der Waals surface area (Å²) in [5.74, 6) is -0.349. The fraction of sp³-hybridized carbons (Fsp3) is 0.500. The standard InChI is InChI=1S/C12H18N2O2/c1-3-4-7-13-9-11-6-5-10(8-14-11)12(15)16-2/h5-6,8,13H,3-4,7,9H2,1-2H3. The predicted molar refractivity (Wildman–Crippen MR) is 62.2 cm³/mol. The van der Waals surface area contributed by atoms with Gasteiger partial charge in [0.15, 0.2) is 0 Å². The minimum atomic E-state index is -0.349. The minimum Gasteiger partial charge on any atom is -0.465 e. The van der Waals surface area contributed by atoms with E-state index >= 15 is 0 Å². The van der Waals surface area contributed by atoms with Crippen LogP contribution in [0.3, 0.4) is 0 Å². The molecule has 16 heavy (non-hydrogen) atoms. The van der Waals surface area contributed by atoms with Gasteiger partial charge < -0.3 is 10.1 Å². The number of unbranched alkanes of at least 4 members (excludes halogenated alkanes) is 1. The van der Waals surface area contributed by atoms with E-state index in [9.17, 15) is 4.79 Å². The van der Waals surface area contributed by atoms with E-state index < -0.39 is 0 Å². The Hall–Kier alpha value is -1.42. The van der Waals surface area contributed by atoms with Crippen LogP contribution in [0.4, 0.5) is 0 Å². The van der Waals surface area contributed by atoms with Gasteiger partial charge in [-0.3, -0.25) is 4.98 Å². The third-order valence-corrected chi connectivity index (χ3v) is 2.26. The molecule has 0 aliphatic rings. The third-order valence-electron chi connectivity index (χ3n) is 2.26. The van der Waals surface area contributed by atoms with Crippen LogP contribution >= 0.6 is 0 Å². The molecule has 0 atom stereocenters. The zero-order chi connectivity index (χ0) is 11.8. The van der Waals surface area contributed by atoms with Crippen LogP contribution < -0.4 is 5.32 Å². The Labute approximate surface area is 96.0 Å². The van der Waals surface area contributed by atoms with E-state index in [0.717, 1.165) is 18.8 Å². The molecule has 0 unspecified atom stereocenters. The number of esters is 1. The second-order valence-corrected chi connectivity index (χ2v) is 3.56. The SMILES string of the molecule is CCCCNCc1ccc(C(=O)OC)cn1.